The minimum absolute atomic E-state index is 0.137. The lowest BCUT2D eigenvalue weighted by atomic mass is 10.2. The number of thiazole rings is 1. The first-order valence-electron chi connectivity index (χ1n) is 13.6. The Kier molecular flexibility index (Phi) is 9.99. The van der Waals surface area contributed by atoms with E-state index in [9.17, 15) is 18.0 Å². The summed E-state index contributed by atoms with van der Waals surface area (Å²) in [4.78, 5) is 30.3. The summed E-state index contributed by atoms with van der Waals surface area (Å²) in [5.74, 6) is 0.121. The van der Waals surface area contributed by atoms with Crippen LogP contribution in [0, 0.1) is 0 Å². The average Bonchev–Trinajstić information content (AvgIpc) is 3.26. The molecule has 0 saturated heterocycles. The van der Waals surface area contributed by atoms with Crippen LogP contribution in [0.1, 0.15) is 56.8 Å². The molecule has 1 amide bonds. The Morgan fingerprint density at radius 1 is 1.00 bits per heavy atom. The largest absolute Gasteiger partial charge is 0.486 e. The normalized spacial score (nSPS) is 13.7. The Hall–Kier alpha value is -3.22. The van der Waals surface area contributed by atoms with E-state index in [4.69, 9.17) is 14.2 Å². The Balaban J connectivity index is 1.67. The van der Waals surface area contributed by atoms with Crippen molar-refractivity contribution in [1.29, 1.82) is 0 Å². The van der Waals surface area contributed by atoms with Crippen molar-refractivity contribution in [1.82, 2.24) is 8.87 Å². The number of benzene rings is 2. The van der Waals surface area contributed by atoms with Crippen molar-refractivity contribution in [2.24, 2.45) is 4.99 Å². The smallest absolute Gasteiger partial charge is 0.326 e. The van der Waals surface area contributed by atoms with Gasteiger partial charge in [0.15, 0.2) is 16.3 Å². The van der Waals surface area contributed by atoms with Crippen molar-refractivity contribution in [3.63, 3.8) is 0 Å². The zero-order chi connectivity index (χ0) is 28.7. The van der Waals surface area contributed by atoms with Crippen LogP contribution in [0.4, 0.5) is 0 Å². The van der Waals surface area contributed by atoms with E-state index in [1.54, 1.807) is 17.6 Å². The second-order valence-electron chi connectivity index (χ2n) is 9.29. The van der Waals surface area contributed by atoms with Crippen LogP contribution in [0.5, 0.6) is 11.5 Å². The highest BCUT2D eigenvalue weighted by atomic mass is 32.2. The number of aromatic nitrogens is 1. The Bertz CT molecular complexity index is 1520. The summed E-state index contributed by atoms with van der Waals surface area (Å²) in [6.07, 6.45) is 3.34. The molecule has 1 aliphatic heterocycles. The van der Waals surface area contributed by atoms with Crippen LogP contribution in [0.25, 0.3) is 10.2 Å². The molecule has 0 unspecified atom stereocenters. The first kappa shape index (κ1) is 29.8. The van der Waals surface area contributed by atoms with Gasteiger partial charge >= 0.3 is 5.97 Å². The van der Waals surface area contributed by atoms with Crippen molar-refractivity contribution in [3.8, 4) is 11.5 Å². The fraction of sp³-hybridized carbons (Fsp3) is 0.464. The maximum Gasteiger partial charge on any atom is 0.326 e. The second-order valence-corrected chi connectivity index (χ2v) is 12.2. The number of amides is 1. The molecule has 0 bridgehead atoms. The van der Waals surface area contributed by atoms with E-state index in [1.807, 2.05) is 19.9 Å². The van der Waals surface area contributed by atoms with Gasteiger partial charge in [-0.3, -0.25) is 9.59 Å². The Labute approximate surface area is 238 Å². The molecule has 0 atom stereocenters. The minimum atomic E-state index is -3.68. The van der Waals surface area contributed by atoms with Crippen molar-refractivity contribution >= 4 is 43.5 Å². The fourth-order valence-electron chi connectivity index (χ4n) is 4.27. The van der Waals surface area contributed by atoms with E-state index in [-0.39, 0.29) is 23.6 Å². The van der Waals surface area contributed by atoms with Gasteiger partial charge in [-0.15, -0.1) is 0 Å². The van der Waals surface area contributed by atoms with E-state index >= 15 is 0 Å². The molecule has 216 valence electrons. The van der Waals surface area contributed by atoms with Gasteiger partial charge in [-0.2, -0.15) is 9.30 Å². The minimum Gasteiger partial charge on any atom is -0.486 e. The Morgan fingerprint density at radius 2 is 1.62 bits per heavy atom. The summed E-state index contributed by atoms with van der Waals surface area (Å²) in [5, 5.41) is 0. The van der Waals surface area contributed by atoms with Gasteiger partial charge in [0.25, 0.3) is 5.91 Å². The van der Waals surface area contributed by atoms with Gasteiger partial charge in [-0.25, -0.2) is 8.42 Å². The number of carbonyl (C=O) groups excluding carboxylic acids is 2. The van der Waals surface area contributed by atoms with Gasteiger partial charge in [0.1, 0.15) is 19.8 Å². The number of sulfonamides is 1. The highest BCUT2D eigenvalue weighted by Gasteiger charge is 2.24. The number of fused-ring (bicyclic) bond motifs is 2. The number of rotatable bonds is 12. The first-order chi connectivity index (χ1) is 19.3. The van der Waals surface area contributed by atoms with E-state index in [2.05, 4.69) is 4.99 Å². The molecular formula is C28H35N3O7S2. The number of esters is 1. The molecule has 0 radical (unpaired) electrons. The van der Waals surface area contributed by atoms with Gasteiger partial charge < -0.3 is 18.8 Å². The van der Waals surface area contributed by atoms with E-state index in [1.165, 1.54) is 39.9 Å². The molecule has 3 aromatic rings. The lowest BCUT2D eigenvalue weighted by molar-refractivity contribution is -0.143. The van der Waals surface area contributed by atoms with E-state index < -0.39 is 21.9 Å². The third-order valence-corrected chi connectivity index (χ3v) is 9.35. The molecule has 0 saturated carbocycles. The van der Waals surface area contributed by atoms with Gasteiger partial charge in [0, 0.05) is 30.8 Å². The monoisotopic (exact) mass is 589 g/mol. The van der Waals surface area contributed by atoms with Gasteiger partial charge in [-0.05, 0) is 44.0 Å². The molecule has 0 fully saturated rings. The van der Waals surface area contributed by atoms with E-state index in [0.29, 0.717) is 48.1 Å². The summed E-state index contributed by atoms with van der Waals surface area (Å²) >= 11 is 1.24. The van der Waals surface area contributed by atoms with Crippen LogP contribution in [0.15, 0.2) is 46.3 Å². The summed E-state index contributed by atoms with van der Waals surface area (Å²) in [7, 11) is -3.68. The number of unbranched alkanes of at least 4 members (excludes halogenated alkanes) is 2. The molecule has 1 aromatic heterocycles. The van der Waals surface area contributed by atoms with Crippen LogP contribution in [-0.2, 0) is 26.1 Å². The molecule has 2 heterocycles. The summed E-state index contributed by atoms with van der Waals surface area (Å²) < 4.78 is 47.0. The maximum absolute atomic E-state index is 13.3. The molecule has 10 nitrogen and oxygen atoms in total. The van der Waals surface area contributed by atoms with E-state index in [0.717, 1.165) is 30.4 Å². The number of hydrogen-bond acceptors (Lipinski definition) is 8. The second kappa shape index (κ2) is 13.4. The molecule has 40 heavy (non-hydrogen) atoms. The van der Waals surface area contributed by atoms with Crippen LogP contribution < -0.4 is 14.3 Å². The summed E-state index contributed by atoms with van der Waals surface area (Å²) in [6, 6.07) is 9.42. The molecule has 2 aromatic carbocycles. The van der Waals surface area contributed by atoms with Crippen molar-refractivity contribution < 1.29 is 32.2 Å². The highest BCUT2D eigenvalue weighted by molar-refractivity contribution is 7.89. The van der Waals surface area contributed by atoms with Crippen molar-refractivity contribution in [3.05, 3.63) is 46.8 Å². The molecular weight excluding hydrogens is 554 g/mol. The molecule has 0 spiro atoms. The summed E-state index contributed by atoms with van der Waals surface area (Å²) in [6.45, 7) is 7.63. The average molecular weight is 590 g/mol. The lowest BCUT2D eigenvalue weighted by Crippen LogP contribution is -2.33. The van der Waals surface area contributed by atoms with Gasteiger partial charge in [-0.1, -0.05) is 38.0 Å². The van der Waals surface area contributed by atoms with Gasteiger partial charge in [0.05, 0.1) is 21.7 Å². The molecule has 1 aliphatic rings. The van der Waals surface area contributed by atoms with Crippen molar-refractivity contribution in [2.45, 2.75) is 57.9 Å². The number of hydrogen-bond donors (Lipinski definition) is 0. The van der Waals surface area contributed by atoms with Crippen LogP contribution in [0.2, 0.25) is 0 Å². The maximum atomic E-state index is 13.3. The van der Waals surface area contributed by atoms with Crippen LogP contribution in [-0.4, -0.2) is 62.1 Å². The fourth-order valence-corrected chi connectivity index (χ4v) is 6.83. The number of carbonyl (C=O) groups is 2. The topological polar surface area (TPSA) is 117 Å². The zero-order valence-corrected chi connectivity index (χ0v) is 24.7. The van der Waals surface area contributed by atoms with Gasteiger partial charge in [0.2, 0.25) is 10.0 Å². The zero-order valence-electron chi connectivity index (χ0n) is 23.1. The standard InChI is InChI=1S/C28H35N3O7S2/c1-4-7-13-30(14-8-5-2)40(34,35)21-11-9-20(10-12-21)27(33)29-28-31(19-26(32)36-6-3)22-17-23-24(18-25(22)39-28)38-16-15-37-23/h9-12,17-18H,4-8,13-16,19H2,1-3H3. The SMILES string of the molecule is CCCCN(CCCC)S(=O)(=O)c1ccc(C(=O)N=c2sc3cc4c(cc3n2CC(=O)OCC)OCCO4)cc1. The predicted octanol–water partition coefficient (Wildman–Crippen LogP) is 4.37. The van der Waals surface area contributed by atoms with Crippen molar-refractivity contribution in [2.75, 3.05) is 32.9 Å². The first-order valence-corrected chi connectivity index (χ1v) is 15.8. The highest BCUT2D eigenvalue weighted by Crippen LogP contribution is 2.35. The Morgan fingerprint density at radius 3 is 2.23 bits per heavy atom. The lowest BCUT2D eigenvalue weighted by Gasteiger charge is -2.22. The predicted molar refractivity (Wildman–Crippen MR) is 152 cm³/mol. The van der Waals surface area contributed by atoms with Crippen LogP contribution in [0.3, 0.4) is 0 Å². The summed E-state index contributed by atoms with van der Waals surface area (Å²) in [5.41, 5.74) is 0.897. The quantitative estimate of drug-likeness (QED) is 0.288. The molecule has 12 heteroatoms. The molecule has 0 N–H and O–H groups in total. The van der Waals surface area contributed by atoms with Crippen LogP contribution >= 0.6 is 11.3 Å². The molecule has 0 aliphatic carbocycles. The third-order valence-electron chi connectivity index (χ3n) is 6.40. The number of ether oxygens (including phenoxy) is 3. The molecule has 4 rings (SSSR count). The number of nitrogens with zero attached hydrogens (tertiary/aromatic N) is 3. The third kappa shape index (κ3) is 6.73.